The molecule has 11 nitrogen and oxygen atoms in total. The number of phosphoric ester groups is 1. The van der Waals surface area contributed by atoms with E-state index in [1.54, 1.807) is 0 Å². The van der Waals surface area contributed by atoms with E-state index in [1.165, 1.54) is 19.3 Å². The van der Waals surface area contributed by atoms with E-state index in [1.807, 2.05) is 36.5 Å². The molecule has 0 aromatic carbocycles. The Morgan fingerprint density at radius 1 is 0.615 bits per heavy atom. The molecule has 0 fully saturated rings. The first kappa shape index (κ1) is 48.9. The SMILES string of the molecule is CC/C=C/C=C/C=C/C=C/CCCCCC(=O)OC(COC(=O)CCCCCCCC/C=C/C=C/CCCCC)COP(=O)(O)OC[C@H](N)C(=O)O. The van der Waals surface area contributed by atoms with Crippen molar-refractivity contribution in [1.29, 1.82) is 0 Å². The molecule has 12 heteroatoms. The van der Waals surface area contributed by atoms with E-state index in [0.717, 1.165) is 70.6 Å². The molecule has 0 rings (SSSR count). The van der Waals surface area contributed by atoms with Crippen molar-refractivity contribution in [1.82, 2.24) is 0 Å². The van der Waals surface area contributed by atoms with Crippen LogP contribution in [0, 0.1) is 0 Å². The van der Waals surface area contributed by atoms with Gasteiger partial charge in [0.05, 0.1) is 13.2 Å². The number of carbonyl (C=O) groups excluding carboxylic acids is 2. The van der Waals surface area contributed by atoms with Crippen molar-refractivity contribution < 1.29 is 47.5 Å². The molecule has 0 saturated heterocycles. The van der Waals surface area contributed by atoms with Gasteiger partial charge in [0.2, 0.25) is 0 Å². The zero-order valence-corrected chi connectivity index (χ0v) is 32.5. The molecule has 0 amide bonds. The second-order valence-corrected chi connectivity index (χ2v) is 13.9. The van der Waals surface area contributed by atoms with E-state index in [9.17, 15) is 23.8 Å². The number of phosphoric acid groups is 1. The van der Waals surface area contributed by atoms with Crippen LogP contribution >= 0.6 is 7.82 Å². The molecule has 0 heterocycles. The van der Waals surface area contributed by atoms with Gasteiger partial charge in [-0.15, -0.1) is 0 Å². The third kappa shape index (κ3) is 34.0. The maximum atomic E-state index is 12.5. The summed E-state index contributed by atoms with van der Waals surface area (Å²) in [6.45, 7) is 2.54. The highest BCUT2D eigenvalue weighted by molar-refractivity contribution is 7.47. The van der Waals surface area contributed by atoms with Crippen LogP contribution in [-0.2, 0) is 37.5 Å². The molecule has 0 aromatic rings. The van der Waals surface area contributed by atoms with E-state index < -0.39 is 51.1 Å². The molecule has 0 saturated carbocycles. The highest BCUT2D eigenvalue weighted by Crippen LogP contribution is 2.43. The van der Waals surface area contributed by atoms with Crippen molar-refractivity contribution in [2.75, 3.05) is 19.8 Å². The van der Waals surface area contributed by atoms with E-state index in [4.69, 9.17) is 24.8 Å². The number of hydrogen-bond donors (Lipinski definition) is 3. The zero-order valence-electron chi connectivity index (χ0n) is 31.6. The average molecular weight is 752 g/mol. The van der Waals surface area contributed by atoms with Gasteiger partial charge < -0.3 is 25.2 Å². The first-order valence-corrected chi connectivity index (χ1v) is 20.5. The number of carboxylic acids is 1. The number of allylic oxidation sites excluding steroid dienone is 12. The number of ether oxygens (including phenoxy) is 2. The Hall–Kier alpha value is -3.08. The van der Waals surface area contributed by atoms with Crippen molar-refractivity contribution in [3.05, 3.63) is 72.9 Å². The fraction of sp³-hybridized carbons (Fsp3) is 0.625. The lowest BCUT2D eigenvalue weighted by Crippen LogP contribution is -2.34. The first-order valence-electron chi connectivity index (χ1n) is 19.0. The minimum Gasteiger partial charge on any atom is -0.480 e. The summed E-state index contributed by atoms with van der Waals surface area (Å²) >= 11 is 0. The van der Waals surface area contributed by atoms with Crippen LogP contribution in [0.4, 0.5) is 0 Å². The Morgan fingerprint density at radius 3 is 1.65 bits per heavy atom. The Kier molecular flexibility index (Phi) is 32.9. The van der Waals surface area contributed by atoms with Crippen molar-refractivity contribution in [2.45, 2.75) is 142 Å². The number of nitrogens with two attached hydrogens (primary N) is 1. The second kappa shape index (κ2) is 35.0. The predicted molar refractivity (Wildman–Crippen MR) is 207 cm³/mol. The first-order chi connectivity index (χ1) is 25.1. The molecule has 0 aromatic heterocycles. The minimum atomic E-state index is -4.73. The fourth-order valence-corrected chi connectivity index (χ4v) is 5.31. The van der Waals surface area contributed by atoms with Gasteiger partial charge in [0, 0.05) is 12.8 Å². The molecular formula is C40H66NO10P. The number of unbranched alkanes of at least 4 members (excludes halogenated alkanes) is 12. The van der Waals surface area contributed by atoms with Crippen LogP contribution in [0.1, 0.15) is 129 Å². The quantitative estimate of drug-likeness (QED) is 0.0248. The zero-order chi connectivity index (χ0) is 38.5. The number of carbonyl (C=O) groups is 3. The minimum absolute atomic E-state index is 0.108. The summed E-state index contributed by atoms with van der Waals surface area (Å²) < 4.78 is 32.5. The van der Waals surface area contributed by atoms with E-state index in [-0.39, 0.29) is 19.4 Å². The third-order valence-corrected chi connectivity index (χ3v) is 8.51. The summed E-state index contributed by atoms with van der Waals surface area (Å²) in [5, 5.41) is 8.86. The molecule has 0 bridgehead atoms. The standard InChI is InChI=1S/C40H66NO10P/c1-3-5-7-9-11-13-15-17-18-20-21-23-25-27-29-31-38(42)48-33-36(34-49-52(46,47)50-35-37(41)40(44)45)51-39(43)32-30-28-26-24-22-19-16-14-12-10-8-6-4-2/h6,8,10-17,19,22,36-37H,3-5,7,9,18,20-21,23-35,41H2,1-2H3,(H,44,45)(H,46,47)/b8-6+,12-10+,13-11+,16-14+,17-15+,22-19+/t36?,37-/m0/s1. The van der Waals surface area contributed by atoms with Gasteiger partial charge in [0.15, 0.2) is 6.10 Å². The van der Waals surface area contributed by atoms with E-state index in [2.05, 4.69) is 54.8 Å². The molecule has 0 aliphatic heterocycles. The lowest BCUT2D eigenvalue weighted by molar-refractivity contribution is -0.161. The normalized spacial score (nSPS) is 14.7. The van der Waals surface area contributed by atoms with Crippen molar-refractivity contribution >= 4 is 25.7 Å². The van der Waals surface area contributed by atoms with E-state index >= 15 is 0 Å². The number of hydrogen-bond acceptors (Lipinski definition) is 9. The molecule has 0 spiro atoms. The van der Waals surface area contributed by atoms with Gasteiger partial charge in [-0.25, -0.2) is 4.57 Å². The van der Waals surface area contributed by atoms with Gasteiger partial charge in [-0.1, -0.05) is 132 Å². The second-order valence-electron chi connectivity index (χ2n) is 12.4. The van der Waals surface area contributed by atoms with Crippen LogP contribution in [0.3, 0.4) is 0 Å². The highest BCUT2D eigenvalue weighted by atomic mass is 31.2. The lowest BCUT2D eigenvalue weighted by Gasteiger charge is -2.20. The molecule has 52 heavy (non-hydrogen) atoms. The summed E-state index contributed by atoms with van der Waals surface area (Å²) in [6.07, 6.45) is 39.8. The summed E-state index contributed by atoms with van der Waals surface area (Å²) in [5.74, 6) is -2.46. The number of carboxylic acid groups (broad SMARTS) is 1. The van der Waals surface area contributed by atoms with Crippen molar-refractivity contribution in [3.63, 3.8) is 0 Å². The summed E-state index contributed by atoms with van der Waals surface area (Å²) in [4.78, 5) is 45.7. The largest absolute Gasteiger partial charge is 0.480 e. The van der Waals surface area contributed by atoms with E-state index in [0.29, 0.717) is 12.8 Å². The van der Waals surface area contributed by atoms with Crippen LogP contribution < -0.4 is 5.73 Å². The molecule has 0 aliphatic carbocycles. The average Bonchev–Trinajstić information content (AvgIpc) is 3.12. The highest BCUT2D eigenvalue weighted by Gasteiger charge is 2.28. The summed E-state index contributed by atoms with van der Waals surface area (Å²) in [5.41, 5.74) is 5.31. The molecule has 0 radical (unpaired) electrons. The molecule has 0 aliphatic rings. The molecule has 4 N–H and O–H groups in total. The topological polar surface area (TPSA) is 172 Å². The van der Waals surface area contributed by atoms with Crippen LogP contribution in [0.25, 0.3) is 0 Å². The summed E-state index contributed by atoms with van der Waals surface area (Å²) in [7, 11) is -4.73. The van der Waals surface area contributed by atoms with Gasteiger partial charge >= 0.3 is 25.7 Å². The van der Waals surface area contributed by atoms with Gasteiger partial charge in [0.25, 0.3) is 0 Å². The maximum Gasteiger partial charge on any atom is 0.472 e. The van der Waals surface area contributed by atoms with Crippen LogP contribution in [0.15, 0.2) is 72.9 Å². The Morgan fingerprint density at radius 2 is 1.08 bits per heavy atom. The number of esters is 2. The number of rotatable bonds is 34. The number of aliphatic carboxylic acids is 1. The lowest BCUT2D eigenvalue weighted by atomic mass is 10.1. The maximum absolute atomic E-state index is 12.5. The van der Waals surface area contributed by atoms with Crippen LogP contribution in [0.2, 0.25) is 0 Å². The Balaban J connectivity index is 4.54. The van der Waals surface area contributed by atoms with Gasteiger partial charge in [-0.2, -0.15) is 0 Å². The molecular weight excluding hydrogens is 685 g/mol. The smallest absolute Gasteiger partial charge is 0.472 e. The van der Waals surface area contributed by atoms with Crippen molar-refractivity contribution in [2.24, 2.45) is 5.73 Å². The third-order valence-electron chi connectivity index (χ3n) is 7.56. The summed E-state index contributed by atoms with van der Waals surface area (Å²) in [6, 6.07) is -1.53. The monoisotopic (exact) mass is 751 g/mol. The van der Waals surface area contributed by atoms with Gasteiger partial charge in [0.1, 0.15) is 12.6 Å². The Labute approximate surface area is 312 Å². The Bertz CT molecular complexity index is 1160. The fourth-order valence-electron chi connectivity index (χ4n) is 4.53. The van der Waals surface area contributed by atoms with Crippen molar-refractivity contribution in [3.8, 4) is 0 Å². The van der Waals surface area contributed by atoms with Gasteiger partial charge in [-0.3, -0.25) is 23.4 Å². The van der Waals surface area contributed by atoms with Gasteiger partial charge in [-0.05, 0) is 57.8 Å². The molecule has 2 unspecified atom stereocenters. The van der Waals surface area contributed by atoms with Crippen LogP contribution in [-0.4, -0.2) is 59.9 Å². The molecule has 3 atom stereocenters. The van der Waals surface area contributed by atoms with Crippen LogP contribution in [0.5, 0.6) is 0 Å². The molecule has 296 valence electrons. The predicted octanol–water partition coefficient (Wildman–Crippen LogP) is 9.39.